The highest BCUT2D eigenvalue weighted by Gasteiger charge is 2.12. The SMILES string of the molecule is CC(C)(C)c1ccc(CNc2ccc(C#N)cc2)cc1. The third-order valence-electron chi connectivity index (χ3n) is 3.33. The lowest BCUT2D eigenvalue weighted by molar-refractivity contribution is 0.590. The fourth-order valence-corrected chi connectivity index (χ4v) is 1.99. The van der Waals surface area contributed by atoms with E-state index < -0.39 is 0 Å². The fraction of sp³-hybridized carbons (Fsp3) is 0.278. The number of anilines is 1. The minimum atomic E-state index is 0.194. The van der Waals surface area contributed by atoms with E-state index in [4.69, 9.17) is 5.26 Å². The van der Waals surface area contributed by atoms with E-state index in [1.807, 2.05) is 24.3 Å². The highest BCUT2D eigenvalue weighted by molar-refractivity contribution is 5.47. The molecule has 0 unspecified atom stereocenters. The van der Waals surface area contributed by atoms with Crippen LogP contribution in [0.1, 0.15) is 37.5 Å². The highest BCUT2D eigenvalue weighted by atomic mass is 14.9. The van der Waals surface area contributed by atoms with Crippen molar-refractivity contribution in [2.45, 2.75) is 32.7 Å². The molecule has 0 aliphatic carbocycles. The van der Waals surface area contributed by atoms with Gasteiger partial charge in [-0.3, -0.25) is 0 Å². The number of nitrogens with zero attached hydrogens (tertiary/aromatic N) is 1. The molecule has 0 aromatic heterocycles. The summed E-state index contributed by atoms with van der Waals surface area (Å²) in [7, 11) is 0. The Morgan fingerprint density at radius 3 is 2.05 bits per heavy atom. The predicted octanol–water partition coefficient (Wildman–Crippen LogP) is 4.47. The smallest absolute Gasteiger partial charge is 0.0991 e. The quantitative estimate of drug-likeness (QED) is 0.888. The Balaban J connectivity index is 1.98. The van der Waals surface area contributed by atoms with Crippen molar-refractivity contribution in [1.29, 1.82) is 5.26 Å². The largest absolute Gasteiger partial charge is 0.381 e. The number of nitriles is 1. The van der Waals surface area contributed by atoms with Gasteiger partial charge in [-0.05, 0) is 40.8 Å². The molecule has 20 heavy (non-hydrogen) atoms. The van der Waals surface area contributed by atoms with E-state index in [9.17, 15) is 0 Å². The maximum Gasteiger partial charge on any atom is 0.0991 e. The third kappa shape index (κ3) is 3.61. The van der Waals surface area contributed by atoms with Crippen LogP contribution in [0.15, 0.2) is 48.5 Å². The molecule has 2 heteroatoms. The number of hydrogen-bond acceptors (Lipinski definition) is 2. The van der Waals surface area contributed by atoms with Gasteiger partial charge in [0.1, 0.15) is 0 Å². The van der Waals surface area contributed by atoms with Gasteiger partial charge in [-0.25, -0.2) is 0 Å². The molecule has 0 bridgehead atoms. The summed E-state index contributed by atoms with van der Waals surface area (Å²) in [6, 6.07) is 18.3. The van der Waals surface area contributed by atoms with E-state index in [-0.39, 0.29) is 5.41 Å². The van der Waals surface area contributed by atoms with Crippen LogP contribution in [0.3, 0.4) is 0 Å². The number of benzene rings is 2. The molecule has 0 heterocycles. The molecule has 102 valence electrons. The molecule has 2 aromatic rings. The molecule has 0 saturated heterocycles. The van der Waals surface area contributed by atoms with Crippen LogP contribution in [0.5, 0.6) is 0 Å². The van der Waals surface area contributed by atoms with E-state index in [1.165, 1.54) is 11.1 Å². The summed E-state index contributed by atoms with van der Waals surface area (Å²) in [5, 5.41) is 12.1. The normalized spacial score (nSPS) is 10.9. The molecule has 0 aliphatic rings. The first-order valence-electron chi connectivity index (χ1n) is 6.82. The van der Waals surface area contributed by atoms with Crippen LogP contribution in [-0.2, 0) is 12.0 Å². The monoisotopic (exact) mass is 264 g/mol. The van der Waals surface area contributed by atoms with E-state index in [0.29, 0.717) is 5.56 Å². The summed E-state index contributed by atoms with van der Waals surface area (Å²) in [5.41, 5.74) is 4.51. The summed E-state index contributed by atoms with van der Waals surface area (Å²) in [6.07, 6.45) is 0. The molecule has 2 aromatic carbocycles. The molecular formula is C18H20N2. The molecule has 0 aliphatic heterocycles. The Labute approximate surface area is 121 Å². The van der Waals surface area contributed by atoms with Gasteiger partial charge in [0.05, 0.1) is 11.6 Å². The molecule has 2 nitrogen and oxygen atoms in total. The Morgan fingerprint density at radius 1 is 0.950 bits per heavy atom. The lowest BCUT2D eigenvalue weighted by atomic mass is 9.87. The number of nitrogens with one attached hydrogen (secondary N) is 1. The van der Waals surface area contributed by atoms with Crippen LogP contribution < -0.4 is 5.32 Å². The minimum Gasteiger partial charge on any atom is -0.381 e. The zero-order chi connectivity index (χ0) is 14.6. The van der Waals surface area contributed by atoms with Crippen molar-refractivity contribution in [1.82, 2.24) is 0 Å². The second kappa shape index (κ2) is 5.79. The van der Waals surface area contributed by atoms with E-state index in [0.717, 1.165) is 12.2 Å². The van der Waals surface area contributed by atoms with Crippen molar-refractivity contribution in [2.24, 2.45) is 0 Å². The van der Waals surface area contributed by atoms with Gasteiger partial charge in [-0.15, -0.1) is 0 Å². The average Bonchev–Trinajstić information content (AvgIpc) is 2.45. The molecule has 1 N–H and O–H groups in total. The zero-order valence-electron chi connectivity index (χ0n) is 12.3. The Morgan fingerprint density at radius 2 is 1.55 bits per heavy atom. The minimum absolute atomic E-state index is 0.194. The van der Waals surface area contributed by atoms with E-state index in [1.54, 1.807) is 0 Å². The Bertz CT molecular complexity index is 596. The summed E-state index contributed by atoms with van der Waals surface area (Å²) in [4.78, 5) is 0. The van der Waals surface area contributed by atoms with Gasteiger partial charge in [0.25, 0.3) is 0 Å². The maximum absolute atomic E-state index is 8.76. The van der Waals surface area contributed by atoms with Crippen LogP contribution in [0.4, 0.5) is 5.69 Å². The lowest BCUT2D eigenvalue weighted by Crippen LogP contribution is -2.11. The van der Waals surface area contributed by atoms with Gasteiger partial charge < -0.3 is 5.32 Å². The van der Waals surface area contributed by atoms with Crippen LogP contribution in [0.25, 0.3) is 0 Å². The molecule has 0 atom stereocenters. The molecule has 0 amide bonds. The summed E-state index contributed by atoms with van der Waals surface area (Å²) in [5.74, 6) is 0. The topological polar surface area (TPSA) is 35.8 Å². The fourth-order valence-electron chi connectivity index (χ4n) is 1.99. The van der Waals surface area contributed by atoms with Crippen molar-refractivity contribution >= 4 is 5.69 Å². The summed E-state index contributed by atoms with van der Waals surface area (Å²) >= 11 is 0. The van der Waals surface area contributed by atoms with Crippen molar-refractivity contribution in [2.75, 3.05) is 5.32 Å². The molecule has 2 rings (SSSR count). The first-order chi connectivity index (χ1) is 9.49. The standard InChI is InChI=1S/C18H20N2/c1-18(2,3)16-8-4-15(5-9-16)13-20-17-10-6-14(12-19)7-11-17/h4-11,20H,13H2,1-3H3. The molecule has 0 spiro atoms. The van der Waals surface area contributed by atoms with Gasteiger partial charge in [0.15, 0.2) is 0 Å². The van der Waals surface area contributed by atoms with Gasteiger partial charge in [0, 0.05) is 12.2 Å². The van der Waals surface area contributed by atoms with Crippen LogP contribution in [0.2, 0.25) is 0 Å². The van der Waals surface area contributed by atoms with Gasteiger partial charge in [-0.2, -0.15) is 5.26 Å². The second-order valence-corrected chi connectivity index (χ2v) is 5.99. The maximum atomic E-state index is 8.76. The van der Waals surface area contributed by atoms with Crippen molar-refractivity contribution in [3.63, 3.8) is 0 Å². The van der Waals surface area contributed by atoms with Gasteiger partial charge in [0.2, 0.25) is 0 Å². The van der Waals surface area contributed by atoms with Crippen molar-refractivity contribution in [3.8, 4) is 6.07 Å². The Hall–Kier alpha value is -2.27. The predicted molar refractivity (Wildman–Crippen MR) is 83.6 cm³/mol. The van der Waals surface area contributed by atoms with Gasteiger partial charge in [-0.1, -0.05) is 45.0 Å². The molecular weight excluding hydrogens is 244 g/mol. The van der Waals surface area contributed by atoms with Crippen molar-refractivity contribution in [3.05, 3.63) is 65.2 Å². The zero-order valence-corrected chi connectivity index (χ0v) is 12.3. The van der Waals surface area contributed by atoms with E-state index in [2.05, 4.69) is 56.4 Å². The van der Waals surface area contributed by atoms with Gasteiger partial charge >= 0.3 is 0 Å². The number of hydrogen-bond donors (Lipinski definition) is 1. The van der Waals surface area contributed by atoms with Crippen LogP contribution >= 0.6 is 0 Å². The van der Waals surface area contributed by atoms with E-state index >= 15 is 0 Å². The first kappa shape index (κ1) is 14.1. The lowest BCUT2D eigenvalue weighted by Gasteiger charge is -2.19. The van der Waals surface area contributed by atoms with Crippen molar-refractivity contribution < 1.29 is 0 Å². The molecule has 0 saturated carbocycles. The number of rotatable bonds is 3. The van der Waals surface area contributed by atoms with Crippen LogP contribution in [-0.4, -0.2) is 0 Å². The highest BCUT2D eigenvalue weighted by Crippen LogP contribution is 2.22. The molecule has 0 fully saturated rings. The molecule has 0 radical (unpaired) electrons. The average molecular weight is 264 g/mol. The second-order valence-electron chi connectivity index (χ2n) is 5.99. The summed E-state index contributed by atoms with van der Waals surface area (Å²) < 4.78 is 0. The Kier molecular flexibility index (Phi) is 4.10. The third-order valence-corrected chi connectivity index (χ3v) is 3.33. The first-order valence-corrected chi connectivity index (χ1v) is 6.82. The van der Waals surface area contributed by atoms with Crippen LogP contribution in [0, 0.1) is 11.3 Å². The summed E-state index contributed by atoms with van der Waals surface area (Å²) in [6.45, 7) is 7.45.